The summed E-state index contributed by atoms with van der Waals surface area (Å²) < 4.78 is 13.0. The number of hydrogen-bond donors (Lipinski definition) is 1. The van der Waals surface area contributed by atoms with Crippen LogP contribution < -0.4 is 5.73 Å². The molecule has 0 bridgehead atoms. The maximum atomic E-state index is 13.0. The number of halogens is 1. The monoisotopic (exact) mass is 236 g/mol. The van der Waals surface area contributed by atoms with Crippen LogP contribution in [0.15, 0.2) is 24.3 Å². The average Bonchev–Trinajstić information content (AvgIpc) is 3.10. The molecule has 1 saturated carbocycles. The van der Waals surface area contributed by atoms with E-state index in [2.05, 4.69) is 11.9 Å². The van der Waals surface area contributed by atoms with Crippen LogP contribution in [0.3, 0.4) is 0 Å². The summed E-state index contributed by atoms with van der Waals surface area (Å²) in [6, 6.07) is 6.54. The Kier molecular flexibility index (Phi) is 4.13. The lowest BCUT2D eigenvalue weighted by molar-refractivity contribution is 0.306. The van der Waals surface area contributed by atoms with E-state index in [4.69, 9.17) is 5.73 Å². The van der Waals surface area contributed by atoms with Crippen LogP contribution in [-0.2, 0) is 0 Å². The van der Waals surface area contributed by atoms with E-state index in [9.17, 15) is 4.39 Å². The fraction of sp³-hybridized carbons (Fsp3) is 0.571. The Morgan fingerprint density at radius 1 is 1.47 bits per heavy atom. The molecule has 3 heteroatoms. The second kappa shape index (κ2) is 5.61. The third-order valence-corrected chi connectivity index (χ3v) is 3.37. The van der Waals surface area contributed by atoms with Crippen LogP contribution >= 0.6 is 0 Å². The van der Waals surface area contributed by atoms with Crippen molar-refractivity contribution in [2.75, 3.05) is 20.1 Å². The summed E-state index contributed by atoms with van der Waals surface area (Å²) in [5.41, 5.74) is 6.96. The summed E-state index contributed by atoms with van der Waals surface area (Å²) in [6.07, 6.45) is 3.63. The maximum Gasteiger partial charge on any atom is 0.123 e. The van der Waals surface area contributed by atoms with Crippen molar-refractivity contribution in [3.8, 4) is 0 Å². The van der Waals surface area contributed by atoms with E-state index in [1.54, 1.807) is 6.07 Å². The third-order valence-electron chi connectivity index (χ3n) is 3.37. The highest BCUT2D eigenvalue weighted by molar-refractivity contribution is 5.19. The number of nitrogens with zero attached hydrogens (tertiary/aromatic N) is 1. The molecule has 0 aliphatic heterocycles. The van der Waals surface area contributed by atoms with Gasteiger partial charge >= 0.3 is 0 Å². The van der Waals surface area contributed by atoms with Crippen LogP contribution in [0.4, 0.5) is 4.39 Å². The van der Waals surface area contributed by atoms with Crippen molar-refractivity contribution in [1.82, 2.24) is 4.90 Å². The number of hydrogen-bond acceptors (Lipinski definition) is 2. The average molecular weight is 236 g/mol. The Hall–Kier alpha value is -0.930. The minimum atomic E-state index is -0.204. The number of rotatable bonds is 6. The molecular weight excluding hydrogens is 215 g/mol. The highest BCUT2D eigenvalue weighted by Crippen LogP contribution is 2.29. The first-order valence-electron chi connectivity index (χ1n) is 6.35. The van der Waals surface area contributed by atoms with Crippen molar-refractivity contribution >= 4 is 0 Å². The summed E-state index contributed by atoms with van der Waals surface area (Å²) in [5, 5.41) is 0. The lowest BCUT2D eigenvalue weighted by atomic mass is 10.0. The van der Waals surface area contributed by atoms with E-state index >= 15 is 0 Å². The fourth-order valence-electron chi connectivity index (χ4n) is 2.10. The van der Waals surface area contributed by atoms with Gasteiger partial charge in [-0.05, 0) is 56.5 Å². The Morgan fingerprint density at radius 2 is 2.24 bits per heavy atom. The van der Waals surface area contributed by atoms with Gasteiger partial charge in [-0.15, -0.1) is 0 Å². The van der Waals surface area contributed by atoms with Crippen molar-refractivity contribution in [3.63, 3.8) is 0 Å². The summed E-state index contributed by atoms with van der Waals surface area (Å²) in [4.78, 5) is 2.33. The first-order chi connectivity index (χ1) is 8.15. The molecule has 2 rings (SSSR count). The van der Waals surface area contributed by atoms with E-state index in [0.717, 1.165) is 24.4 Å². The van der Waals surface area contributed by atoms with E-state index in [1.165, 1.54) is 31.5 Å². The maximum absolute atomic E-state index is 13.0. The SMILES string of the molecule is CN(CCC(N)c1cccc(F)c1)CC1CC1. The second-order valence-electron chi connectivity index (χ2n) is 5.16. The van der Waals surface area contributed by atoms with Gasteiger partial charge in [0.2, 0.25) is 0 Å². The van der Waals surface area contributed by atoms with Crippen LogP contribution in [0.1, 0.15) is 30.9 Å². The zero-order valence-electron chi connectivity index (χ0n) is 10.4. The normalized spacial score (nSPS) is 17.4. The van der Waals surface area contributed by atoms with Crippen LogP contribution in [0.2, 0.25) is 0 Å². The van der Waals surface area contributed by atoms with Gasteiger partial charge in [0, 0.05) is 12.6 Å². The molecule has 0 radical (unpaired) electrons. The van der Waals surface area contributed by atoms with Gasteiger partial charge in [-0.25, -0.2) is 4.39 Å². The molecule has 1 aliphatic carbocycles. The van der Waals surface area contributed by atoms with E-state index in [-0.39, 0.29) is 11.9 Å². The van der Waals surface area contributed by atoms with E-state index < -0.39 is 0 Å². The lowest BCUT2D eigenvalue weighted by Crippen LogP contribution is -2.25. The standard InChI is InChI=1S/C14H21FN2/c1-17(10-11-5-6-11)8-7-14(16)12-3-2-4-13(15)9-12/h2-4,9,11,14H,5-8,10,16H2,1H3. The number of benzene rings is 1. The highest BCUT2D eigenvalue weighted by Gasteiger charge is 2.22. The summed E-state index contributed by atoms with van der Waals surface area (Å²) in [7, 11) is 2.14. The topological polar surface area (TPSA) is 29.3 Å². The molecule has 1 aromatic rings. The van der Waals surface area contributed by atoms with Gasteiger partial charge in [-0.3, -0.25) is 0 Å². The molecule has 17 heavy (non-hydrogen) atoms. The van der Waals surface area contributed by atoms with Crippen molar-refractivity contribution in [1.29, 1.82) is 0 Å². The molecule has 1 aromatic carbocycles. The largest absolute Gasteiger partial charge is 0.324 e. The minimum Gasteiger partial charge on any atom is -0.324 e. The molecule has 1 aliphatic rings. The van der Waals surface area contributed by atoms with Crippen LogP contribution in [0.25, 0.3) is 0 Å². The minimum absolute atomic E-state index is 0.0626. The molecule has 2 N–H and O–H groups in total. The molecule has 0 heterocycles. The summed E-state index contributed by atoms with van der Waals surface area (Å²) >= 11 is 0. The summed E-state index contributed by atoms with van der Waals surface area (Å²) in [5.74, 6) is 0.703. The van der Waals surface area contributed by atoms with Gasteiger partial charge in [-0.1, -0.05) is 12.1 Å². The Labute approximate surface area is 103 Å². The Balaban J connectivity index is 1.77. The molecule has 0 aromatic heterocycles. The molecule has 0 saturated heterocycles. The third kappa shape index (κ3) is 4.10. The zero-order chi connectivity index (χ0) is 12.3. The first-order valence-corrected chi connectivity index (χ1v) is 6.35. The van der Waals surface area contributed by atoms with Crippen LogP contribution in [0.5, 0.6) is 0 Å². The van der Waals surface area contributed by atoms with Crippen molar-refractivity contribution in [2.45, 2.75) is 25.3 Å². The molecule has 2 nitrogen and oxygen atoms in total. The quantitative estimate of drug-likeness (QED) is 0.822. The van der Waals surface area contributed by atoms with Crippen molar-refractivity contribution in [2.24, 2.45) is 11.7 Å². The highest BCUT2D eigenvalue weighted by atomic mass is 19.1. The van der Waals surface area contributed by atoms with Crippen molar-refractivity contribution in [3.05, 3.63) is 35.6 Å². The summed E-state index contributed by atoms with van der Waals surface area (Å²) in [6.45, 7) is 2.16. The smallest absolute Gasteiger partial charge is 0.123 e. The van der Waals surface area contributed by atoms with Crippen LogP contribution in [-0.4, -0.2) is 25.0 Å². The van der Waals surface area contributed by atoms with Gasteiger partial charge in [0.15, 0.2) is 0 Å². The zero-order valence-corrected chi connectivity index (χ0v) is 10.4. The Bertz CT molecular complexity index is 363. The predicted molar refractivity (Wildman–Crippen MR) is 68.2 cm³/mol. The van der Waals surface area contributed by atoms with E-state index in [0.29, 0.717) is 0 Å². The lowest BCUT2D eigenvalue weighted by Gasteiger charge is -2.19. The molecular formula is C14H21FN2. The predicted octanol–water partition coefficient (Wildman–Crippen LogP) is 2.56. The van der Waals surface area contributed by atoms with Crippen molar-refractivity contribution < 1.29 is 4.39 Å². The first kappa shape index (κ1) is 12.5. The van der Waals surface area contributed by atoms with Crippen LogP contribution in [0, 0.1) is 11.7 Å². The van der Waals surface area contributed by atoms with Gasteiger partial charge in [0.05, 0.1) is 0 Å². The van der Waals surface area contributed by atoms with Gasteiger partial charge < -0.3 is 10.6 Å². The number of nitrogens with two attached hydrogens (primary N) is 1. The molecule has 0 amide bonds. The molecule has 0 spiro atoms. The van der Waals surface area contributed by atoms with Gasteiger partial charge in [-0.2, -0.15) is 0 Å². The molecule has 94 valence electrons. The Morgan fingerprint density at radius 3 is 2.88 bits per heavy atom. The van der Waals surface area contributed by atoms with Gasteiger partial charge in [0.1, 0.15) is 5.82 Å². The molecule has 1 atom stereocenters. The van der Waals surface area contributed by atoms with E-state index in [1.807, 2.05) is 6.07 Å². The molecule has 1 unspecified atom stereocenters. The fourth-order valence-corrected chi connectivity index (χ4v) is 2.10. The molecule has 1 fully saturated rings. The second-order valence-corrected chi connectivity index (χ2v) is 5.16. The van der Waals surface area contributed by atoms with Gasteiger partial charge in [0.25, 0.3) is 0 Å².